The molecule has 0 aromatic heterocycles. The van der Waals surface area contributed by atoms with Crippen LogP contribution in [-0.4, -0.2) is 7.11 Å². The smallest absolute Gasteiger partial charge is 0.131 e. The fourth-order valence-corrected chi connectivity index (χ4v) is 2.18. The van der Waals surface area contributed by atoms with Gasteiger partial charge in [-0.15, -0.1) is 0 Å². The highest BCUT2D eigenvalue weighted by Gasteiger charge is 2.09. The van der Waals surface area contributed by atoms with E-state index in [2.05, 4.69) is 0 Å². The molecule has 1 atom stereocenters. The number of benzene rings is 2. The molecule has 0 saturated carbocycles. The zero-order valence-electron chi connectivity index (χ0n) is 11.9. The van der Waals surface area contributed by atoms with Gasteiger partial charge in [0.05, 0.1) is 7.11 Å². The van der Waals surface area contributed by atoms with Gasteiger partial charge in [0.15, 0.2) is 0 Å². The second kappa shape index (κ2) is 6.78. The highest BCUT2D eigenvalue weighted by Crippen LogP contribution is 2.25. The summed E-state index contributed by atoms with van der Waals surface area (Å²) in [6.07, 6.45) is 0. The fraction of sp³-hybridized carbons (Fsp3) is 0.250. The lowest BCUT2D eigenvalue weighted by molar-refractivity contribution is 0.295. The van der Waals surface area contributed by atoms with Crippen LogP contribution in [-0.2, 0) is 6.61 Å². The Balaban J connectivity index is 2.13. The molecule has 0 aliphatic rings. The molecule has 0 bridgehead atoms. The molecule has 2 aromatic carbocycles. The van der Waals surface area contributed by atoms with Crippen molar-refractivity contribution in [3.05, 3.63) is 58.4 Å². The Kier molecular flexibility index (Phi) is 5.04. The zero-order valence-corrected chi connectivity index (χ0v) is 12.7. The summed E-state index contributed by atoms with van der Waals surface area (Å²) in [5, 5.41) is 0.591. The van der Waals surface area contributed by atoms with Gasteiger partial charge in [0.1, 0.15) is 23.9 Å². The number of rotatable bonds is 5. The lowest BCUT2D eigenvalue weighted by Crippen LogP contribution is -2.07. The van der Waals surface area contributed by atoms with Crippen LogP contribution in [0.25, 0.3) is 0 Å². The second-order valence-corrected chi connectivity index (χ2v) is 5.15. The molecule has 0 amide bonds. The largest absolute Gasteiger partial charge is 0.496 e. The summed E-state index contributed by atoms with van der Waals surface area (Å²) in [7, 11) is 1.57. The van der Waals surface area contributed by atoms with Crippen LogP contribution in [0.5, 0.6) is 11.5 Å². The van der Waals surface area contributed by atoms with Gasteiger partial charge in [0.2, 0.25) is 0 Å². The highest BCUT2D eigenvalue weighted by molar-refractivity contribution is 6.30. The van der Waals surface area contributed by atoms with Crippen molar-refractivity contribution in [1.29, 1.82) is 0 Å². The van der Waals surface area contributed by atoms with E-state index in [-0.39, 0.29) is 18.5 Å². The van der Waals surface area contributed by atoms with Gasteiger partial charge in [0, 0.05) is 28.3 Å². The SMILES string of the molecule is COc1ccc(Cl)cc1COc1ccc([C@@H](C)N)c(F)c1. The van der Waals surface area contributed by atoms with E-state index in [9.17, 15) is 4.39 Å². The predicted molar refractivity (Wildman–Crippen MR) is 81.3 cm³/mol. The second-order valence-electron chi connectivity index (χ2n) is 4.72. The van der Waals surface area contributed by atoms with E-state index in [1.54, 1.807) is 44.4 Å². The van der Waals surface area contributed by atoms with E-state index in [0.717, 1.165) is 5.56 Å². The summed E-state index contributed by atoms with van der Waals surface area (Å²) in [6.45, 7) is 1.97. The molecule has 2 N–H and O–H groups in total. The maximum atomic E-state index is 13.8. The van der Waals surface area contributed by atoms with Crippen LogP contribution in [0.2, 0.25) is 5.02 Å². The highest BCUT2D eigenvalue weighted by atomic mass is 35.5. The molecule has 0 radical (unpaired) electrons. The van der Waals surface area contributed by atoms with Crippen molar-refractivity contribution in [2.24, 2.45) is 5.73 Å². The summed E-state index contributed by atoms with van der Waals surface area (Å²) in [4.78, 5) is 0. The predicted octanol–water partition coefficient (Wildman–Crippen LogP) is 4.09. The standard InChI is InChI=1S/C16H17ClFNO2/c1-10(19)14-5-4-13(8-15(14)18)21-9-11-7-12(17)3-6-16(11)20-2/h3-8,10H,9,19H2,1-2H3/t10-/m1/s1. The Morgan fingerprint density at radius 1 is 1.24 bits per heavy atom. The van der Waals surface area contributed by atoms with Crippen molar-refractivity contribution in [2.45, 2.75) is 19.6 Å². The minimum absolute atomic E-state index is 0.237. The quantitative estimate of drug-likeness (QED) is 0.905. The summed E-state index contributed by atoms with van der Waals surface area (Å²) in [5.41, 5.74) is 6.93. The first-order chi connectivity index (χ1) is 10.0. The molecule has 0 fully saturated rings. The lowest BCUT2D eigenvalue weighted by Gasteiger charge is -2.12. The molecule has 0 spiro atoms. The van der Waals surface area contributed by atoms with E-state index in [4.69, 9.17) is 26.8 Å². The van der Waals surface area contributed by atoms with Crippen molar-refractivity contribution in [2.75, 3.05) is 7.11 Å². The number of hydrogen-bond acceptors (Lipinski definition) is 3. The number of nitrogens with two attached hydrogens (primary N) is 1. The van der Waals surface area contributed by atoms with Crippen LogP contribution in [0.15, 0.2) is 36.4 Å². The minimum Gasteiger partial charge on any atom is -0.496 e. The van der Waals surface area contributed by atoms with Gasteiger partial charge >= 0.3 is 0 Å². The van der Waals surface area contributed by atoms with Crippen LogP contribution in [0.1, 0.15) is 24.1 Å². The molecule has 0 aliphatic carbocycles. The van der Waals surface area contributed by atoms with Crippen LogP contribution < -0.4 is 15.2 Å². The third-order valence-corrected chi connectivity index (χ3v) is 3.33. The van der Waals surface area contributed by atoms with Gasteiger partial charge in [-0.25, -0.2) is 4.39 Å². The van der Waals surface area contributed by atoms with Crippen LogP contribution in [0, 0.1) is 5.82 Å². The van der Waals surface area contributed by atoms with Crippen molar-refractivity contribution in [3.63, 3.8) is 0 Å². The van der Waals surface area contributed by atoms with Crippen LogP contribution in [0.4, 0.5) is 4.39 Å². The first-order valence-corrected chi connectivity index (χ1v) is 6.89. The summed E-state index contributed by atoms with van der Waals surface area (Å²) in [5.74, 6) is 0.728. The normalized spacial score (nSPS) is 12.0. The summed E-state index contributed by atoms with van der Waals surface area (Å²) in [6, 6.07) is 9.56. The van der Waals surface area contributed by atoms with Gasteiger partial charge < -0.3 is 15.2 Å². The molecule has 3 nitrogen and oxygen atoms in total. The molecular weight excluding hydrogens is 293 g/mol. The van der Waals surface area contributed by atoms with Gasteiger partial charge in [-0.3, -0.25) is 0 Å². The number of ether oxygens (including phenoxy) is 2. The monoisotopic (exact) mass is 309 g/mol. The maximum Gasteiger partial charge on any atom is 0.131 e. The Bertz CT molecular complexity index is 632. The molecule has 0 aliphatic heterocycles. The third kappa shape index (κ3) is 3.86. The Morgan fingerprint density at radius 3 is 2.62 bits per heavy atom. The topological polar surface area (TPSA) is 44.5 Å². The molecule has 0 heterocycles. The Hall–Kier alpha value is -1.78. The Labute approximate surface area is 128 Å². The lowest BCUT2D eigenvalue weighted by atomic mass is 10.1. The number of methoxy groups -OCH3 is 1. The minimum atomic E-state index is -0.374. The zero-order chi connectivity index (χ0) is 15.4. The van der Waals surface area contributed by atoms with E-state index in [0.29, 0.717) is 22.1 Å². The number of hydrogen-bond donors (Lipinski definition) is 1. The van der Waals surface area contributed by atoms with Crippen LogP contribution in [0.3, 0.4) is 0 Å². The van der Waals surface area contributed by atoms with E-state index in [1.807, 2.05) is 0 Å². The van der Waals surface area contributed by atoms with Crippen molar-refractivity contribution in [1.82, 2.24) is 0 Å². The van der Waals surface area contributed by atoms with Gasteiger partial charge in [-0.1, -0.05) is 17.7 Å². The molecule has 2 rings (SSSR count). The van der Waals surface area contributed by atoms with Crippen molar-refractivity contribution in [3.8, 4) is 11.5 Å². The Morgan fingerprint density at radius 2 is 2.00 bits per heavy atom. The molecule has 0 unspecified atom stereocenters. The van der Waals surface area contributed by atoms with Gasteiger partial charge in [-0.2, -0.15) is 0 Å². The van der Waals surface area contributed by atoms with E-state index >= 15 is 0 Å². The molecule has 5 heteroatoms. The van der Waals surface area contributed by atoms with E-state index in [1.165, 1.54) is 6.07 Å². The summed E-state index contributed by atoms with van der Waals surface area (Å²) < 4.78 is 24.6. The number of halogens is 2. The third-order valence-electron chi connectivity index (χ3n) is 3.10. The average molecular weight is 310 g/mol. The molecular formula is C16H17ClFNO2. The van der Waals surface area contributed by atoms with Gasteiger partial charge in [0.25, 0.3) is 0 Å². The van der Waals surface area contributed by atoms with Crippen molar-refractivity contribution < 1.29 is 13.9 Å². The fourth-order valence-electron chi connectivity index (χ4n) is 1.99. The summed E-state index contributed by atoms with van der Waals surface area (Å²) >= 11 is 5.95. The first-order valence-electron chi connectivity index (χ1n) is 6.51. The van der Waals surface area contributed by atoms with Gasteiger partial charge in [-0.05, 0) is 31.2 Å². The average Bonchev–Trinajstić information content (AvgIpc) is 2.45. The van der Waals surface area contributed by atoms with Crippen LogP contribution >= 0.6 is 11.6 Å². The van der Waals surface area contributed by atoms with E-state index < -0.39 is 0 Å². The van der Waals surface area contributed by atoms with Crippen molar-refractivity contribution >= 4 is 11.6 Å². The molecule has 0 saturated heterocycles. The maximum absolute atomic E-state index is 13.8. The molecule has 21 heavy (non-hydrogen) atoms. The first kappa shape index (κ1) is 15.6. The molecule has 2 aromatic rings. The molecule has 112 valence electrons.